The third-order valence-electron chi connectivity index (χ3n) is 3.51. The van der Waals surface area contributed by atoms with E-state index in [1.54, 1.807) is 0 Å². The third-order valence-corrected chi connectivity index (χ3v) is 4.35. The molecule has 118 valence electrons. The number of alkyl halides is 3. The SMILES string of the molecule is FC(F)(F)c1ccc(Cl)c(Cl)c1CCCN1CCOCC1. The summed E-state index contributed by atoms with van der Waals surface area (Å²) in [5.41, 5.74) is -0.608. The molecule has 1 fully saturated rings. The number of morpholine rings is 1. The molecule has 21 heavy (non-hydrogen) atoms. The van der Waals surface area contributed by atoms with Gasteiger partial charge in [-0.15, -0.1) is 0 Å². The highest BCUT2D eigenvalue weighted by molar-refractivity contribution is 6.42. The van der Waals surface area contributed by atoms with E-state index in [4.69, 9.17) is 27.9 Å². The molecule has 7 heteroatoms. The molecule has 1 aromatic rings. The first-order valence-corrected chi connectivity index (χ1v) is 7.49. The Morgan fingerprint density at radius 3 is 2.43 bits per heavy atom. The van der Waals surface area contributed by atoms with Gasteiger partial charge in [0.2, 0.25) is 0 Å². The van der Waals surface area contributed by atoms with Crippen molar-refractivity contribution in [1.29, 1.82) is 0 Å². The Labute approximate surface area is 131 Å². The van der Waals surface area contributed by atoms with E-state index in [2.05, 4.69) is 4.90 Å². The van der Waals surface area contributed by atoms with Gasteiger partial charge in [-0.05, 0) is 37.1 Å². The van der Waals surface area contributed by atoms with Crippen molar-refractivity contribution >= 4 is 23.2 Å². The van der Waals surface area contributed by atoms with Gasteiger partial charge < -0.3 is 4.74 Å². The summed E-state index contributed by atoms with van der Waals surface area (Å²) < 4.78 is 44.3. The van der Waals surface area contributed by atoms with E-state index >= 15 is 0 Å². The molecule has 0 unspecified atom stereocenters. The van der Waals surface area contributed by atoms with Crippen molar-refractivity contribution in [2.24, 2.45) is 0 Å². The van der Waals surface area contributed by atoms with Gasteiger partial charge in [0.25, 0.3) is 0 Å². The van der Waals surface area contributed by atoms with Gasteiger partial charge in [0.05, 0.1) is 28.8 Å². The van der Waals surface area contributed by atoms with E-state index in [1.165, 1.54) is 6.07 Å². The minimum absolute atomic E-state index is 0.00784. The van der Waals surface area contributed by atoms with Crippen molar-refractivity contribution in [2.75, 3.05) is 32.8 Å². The molecule has 0 bridgehead atoms. The molecule has 1 heterocycles. The zero-order valence-electron chi connectivity index (χ0n) is 11.3. The molecule has 0 amide bonds. The topological polar surface area (TPSA) is 12.5 Å². The first-order valence-electron chi connectivity index (χ1n) is 6.74. The van der Waals surface area contributed by atoms with E-state index in [0.29, 0.717) is 19.6 Å². The van der Waals surface area contributed by atoms with Crippen LogP contribution >= 0.6 is 23.2 Å². The molecule has 1 aliphatic rings. The van der Waals surface area contributed by atoms with Crippen LogP contribution in [0, 0.1) is 0 Å². The summed E-state index contributed by atoms with van der Waals surface area (Å²) in [5, 5.41) is 0.166. The van der Waals surface area contributed by atoms with E-state index in [1.807, 2.05) is 0 Å². The van der Waals surface area contributed by atoms with Gasteiger partial charge in [0.15, 0.2) is 0 Å². The fourth-order valence-electron chi connectivity index (χ4n) is 2.41. The number of hydrogen-bond acceptors (Lipinski definition) is 2. The summed E-state index contributed by atoms with van der Waals surface area (Å²) in [4.78, 5) is 2.18. The lowest BCUT2D eigenvalue weighted by molar-refractivity contribution is -0.138. The Kier molecular flexibility index (Phi) is 5.77. The van der Waals surface area contributed by atoms with Crippen molar-refractivity contribution in [3.8, 4) is 0 Å². The highest BCUT2D eigenvalue weighted by Crippen LogP contribution is 2.38. The third kappa shape index (κ3) is 4.49. The van der Waals surface area contributed by atoms with Crippen molar-refractivity contribution < 1.29 is 17.9 Å². The van der Waals surface area contributed by atoms with Crippen LogP contribution in [-0.2, 0) is 17.3 Å². The lowest BCUT2D eigenvalue weighted by Gasteiger charge is -2.26. The average molecular weight is 342 g/mol. The smallest absolute Gasteiger partial charge is 0.379 e. The van der Waals surface area contributed by atoms with Crippen molar-refractivity contribution in [3.63, 3.8) is 0 Å². The zero-order chi connectivity index (χ0) is 15.5. The van der Waals surface area contributed by atoms with E-state index in [9.17, 15) is 13.2 Å². The van der Waals surface area contributed by atoms with E-state index < -0.39 is 11.7 Å². The Hall–Kier alpha value is -0.490. The number of hydrogen-bond donors (Lipinski definition) is 0. The summed E-state index contributed by atoms with van der Waals surface area (Å²) >= 11 is 11.8. The van der Waals surface area contributed by atoms with Gasteiger partial charge in [0, 0.05) is 13.1 Å². The Morgan fingerprint density at radius 1 is 1.14 bits per heavy atom. The van der Waals surface area contributed by atoms with Gasteiger partial charge in [-0.3, -0.25) is 4.90 Å². The summed E-state index contributed by atoms with van der Waals surface area (Å²) in [5.74, 6) is 0. The molecule has 0 aromatic heterocycles. The fraction of sp³-hybridized carbons (Fsp3) is 0.571. The lowest BCUT2D eigenvalue weighted by Crippen LogP contribution is -2.37. The molecule has 0 aliphatic carbocycles. The van der Waals surface area contributed by atoms with Crippen molar-refractivity contribution in [1.82, 2.24) is 4.90 Å². The Morgan fingerprint density at radius 2 is 1.81 bits per heavy atom. The van der Waals surface area contributed by atoms with Gasteiger partial charge in [-0.2, -0.15) is 13.2 Å². The highest BCUT2D eigenvalue weighted by Gasteiger charge is 2.34. The monoisotopic (exact) mass is 341 g/mol. The fourth-order valence-corrected chi connectivity index (χ4v) is 2.84. The van der Waals surface area contributed by atoms with Crippen LogP contribution in [0.15, 0.2) is 12.1 Å². The molecular weight excluding hydrogens is 326 g/mol. The molecule has 1 aliphatic heterocycles. The van der Waals surface area contributed by atoms with Crippen LogP contribution in [0.25, 0.3) is 0 Å². The van der Waals surface area contributed by atoms with Gasteiger partial charge in [-0.25, -0.2) is 0 Å². The molecule has 1 saturated heterocycles. The second-order valence-corrected chi connectivity index (χ2v) is 5.73. The van der Waals surface area contributed by atoms with Gasteiger partial charge >= 0.3 is 6.18 Å². The largest absolute Gasteiger partial charge is 0.416 e. The molecule has 0 N–H and O–H groups in total. The second-order valence-electron chi connectivity index (χ2n) is 4.94. The van der Waals surface area contributed by atoms with E-state index in [0.717, 1.165) is 25.7 Å². The molecule has 0 atom stereocenters. The number of ether oxygens (including phenoxy) is 1. The van der Waals surface area contributed by atoms with Crippen LogP contribution in [0.3, 0.4) is 0 Å². The average Bonchev–Trinajstić information content (AvgIpc) is 2.43. The van der Waals surface area contributed by atoms with Crippen LogP contribution in [0.5, 0.6) is 0 Å². The second kappa shape index (κ2) is 7.18. The zero-order valence-corrected chi connectivity index (χ0v) is 12.9. The maximum Gasteiger partial charge on any atom is 0.416 e. The maximum absolute atomic E-state index is 13.0. The van der Waals surface area contributed by atoms with E-state index in [-0.39, 0.29) is 22.0 Å². The Balaban J connectivity index is 2.05. The van der Waals surface area contributed by atoms with Gasteiger partial charge in [-0.1, -0.05) is 23.2 Å². The highest BCUT2D eigenvalue weighted by atomic mass is 35.5. The molecule has 0 spiro atoms. The molecular formula is C14H16Cl2F3NO. The van der Waals surface area contributed by atoms with Crippen LogP contribution < -0.4 is 0 Å². The number of halogens is 5. The Bertz CT molecular complexity index is 488. The summed E-state index contributed by atoms with van der Waals surface area (Å²) in [7, 11) is 0. The molecule has 2 nitrogen and oxygen atoms in total. The standard InChI is InChI=1S/C14H16Cl2F3NO/c15-12-4-3-11(14(17,18)19)10(13(12)16)2-1-5-20-6-8-21-9-7-20/h3-4H,1-2,5-9H2. The van der Waals surface area contributed by atoms with Crippen molar-refractivity contribution in [2.45, 2.75) is 19.0 Å². The first-order chi connectivity index (χ1) is 9.89. The van der Waals surface area contributed by atoms with Crippen molar-refractivity contribution in [3.05, 3.63) is 33.3 Å². The number of benzene rings is 1. The van der Waals surface area contributed by atoms with Crippen LogP contribution in [-0.4, -0.2) is 37.7 Å². The number of nitrogens with zero attached hydrogens (tertiary/aromatic N) is 1. The molecule has 1 aromatic carbocycles. The normalized spacial score (nSPS) is 17.2. The minimum Gasteiger partial charge on any atom is -0.379 e. The van der Waals surface area contributed by atoms with Crippen LogP contribution in [0.1, 0.15) is 17.5 Å². The minimum atomic E-state index is -4.41. The summed E-state index contributed by atoms with van der Waals surface area (Å²) in [6.45, 7) is 3.70. The summed E-state index contributed by atoms with van der Waals surface area (Å²) in [6, 6.07) is 2.19. The molecule has 2 rings (SSSR count). The molecule has 0 saturated carbocycles. The maximum atomic E-state index is 13.0. The molecule has 0 radical (unpaired) electrons. The van der Waals surface area contributed by atoms with Crippen LogP contribution in [0.4, 0.5) is 13.2 Å². The first kappa shape index (κ1) is 16.9. The quantitative estimate of drug-likeness (QED) is 0.810. The van der Waals surface area contributed by atoms with Crippen LogP contribution in [0.2, 0.25) is 10.0 Å². The lowest BCUT2D eigenvalue weighted by atomic mass is 10.0. The predicted octanol–water partition coefficient (Wildman–Crippen LogP) is 4.28. The predicted molar refractivity (Wildman–Crippen MR) is 77.0 cm³/mol. The summed E-state index contributed by atoms with van der Waals surface area (Å²) in [6.07, 6.45) is -3.56. The number of rotatable bonds is 4. The van der Waals surface area contributed by atoms with Gasteiger partial charge in [0.1, 0.15) is 0 Å².